The summed E-state index contributed by atoms with van der Waals surface area (Å²) in [5, 5.41) is 0. The third-order valence-electron chi connectivity index (χ3n) is 3.28. The number of rotatable bonds is 5. The van der Waals surface area contributed by atoms with Gasteiger partial charge in [-0.2, -0.15) is 13.2 Å². The van der Waals surface area contributed by atoms with E-state index in [0.717, 1.165) is 25.1 Å². The van der Waals surface area contributed by atoms with Crippen LogP contribution in [0, 0.1) is 17.3 Å². The summed E-state index contributed by atoms with van der Waals surface area (Å²) in [6.07, 6.45) is -4.58. The molecule has 1 unspecified atom stereocenters. The topological polar surface area (TPSA) is 46.6 Å². The van der Waals surface area contributed by atoms with E-state index in [1.807, 2.05) is 0 Å². The van der Waals surface area contributed by atoms with Crippen molar-refractivity contribution in [2.75, 3.05) is 20.7 Å². The molecule has 0 aromatic carbocycles. The van der Waals surface area contributed by atoms with Crippen molar-refractivity contribution >= 4 is 11.8 Å². The molecule has 0 N–H and O–H groups in total. The lowest BCUT2D eigenvalue weighted by Crippen LogP contribution is -2.63. The quantitative estimate of drug-likeness (QED) is 0.336. The van der Waals surface area contributed by atoms with Crippen molar-refractivity contribution in [3.8, 4) is 11.8 Å². The molecule has 4 nitrogen and oxygen atoms in total. The maximum atomic E-state index is 13.5. The van der Waals surface area contributed by atoms with E-state index < -0.39 is 41.8 Å². The Kier molecular flexibility index (Phi) is 7.04. The SMILES string of the molecule is C=CCC(C(=O)OC)(N(C)CC#CC(=O)C(C)(C)C)C(F)(F)F. The van der Waals surface area contributed by atoms with Crippen molar-refractivity contribution in [3.05, 3.63) is 12.7 Å². The summed E-state index contributed by atoms with van der Waals surface area (Å²) >= 11 is 0. The molecule has 1 atom stereocenters. The summed E-state index contributed by atoms with van der Waals surface area (Å²) in [5.74, 6) is 2.85. The lowest BCUT2D eigenvalue weighted by Gasteiger charge is -2.38. The molecule has 0 saturated carbocycles. The first-order valence-electron chi connectivity index (χ1n) is 6.85. The van der Waals surface area contributed by atoms with Crippen LogP contribution in [0.2, 0.25) is 0 Å². The van der Waals surface area contributed by atoms with Crippen LogP contribution in [0.15, 0.2) is 12.7 Å². The summed E-state index contributed by atoms with van der Waals surface area (Å²) in [6.45, 7) is 7.81. The summed E-state index contributed by atoms with van der Waals surface area (Å²) < 4.78 is 44.9. The number of esters is 1. The number of alkyl halides is 3. The van der Waals surface area contributed by atoms with Crippen LogP contribution in [-0.4, -0.2) is 49.1 Å². The van der Waals surface area contributed by atoms with E-state index in [9.17, 15) is 22.8 Å². The van der Waals surface area contributed by atoms with Crippen molar-refractivity contribution in [1.82, 2.24) is 4.90 Å². The van der Waals surface area contributed by atoms with Crippen molar-refractivity contribution in [3.63, 3.8) is 0 Å². The van der Waals surface area contributed by atoms with Gasteiger partial charge in [0.25, 0.3) is 0 Å². The highest BCUT2D eigenvalue weighted by Gasteiger charge is 2.63. The van der Waals surface area contributed by atoms with Crippen LogP contribution in [0.5, 0.6) is 0 Å². The summed E-state index contributed by atoms with van der Waals surface area (Å²) in [4.78, 5) is 24.2. The second-order valence-electron chi connectivity index (χ2n) is 6.08. The van der Waals surface area contributed by atoms with Gasteiger partial charge in [-0.3, -0.25) is 9.69 Å². The van der Waals surface area contributed by atoms with Crippen LogP contribution >= 0.6 is 0 Å². The molecule has 0 amide bonds. The van der Waals surface area contributed by atoms with Crippen molar-refractivity contribution in [1.29, 1.82) is 0 Å². The number of likely N-dealkylation sites (N-methyl/N-ethyl adjacent to an activating group) is 1. The van der Waals surface area contributed by atoms with Crippen molar-refractivity contribution < 1.29 is 27.5 Å². The number of methoxy groups -OCH3 is 1. The van der Waals surface area contributed by atoms with E-state index in [0.29, 0.717) is 0 Å². The average Bonchev–Trinajstić information content (AvgIpc) is 2.41. The molecule has 0 aliphatic rings. The van der Waals surface area contributed by atoms with Crippen LogP contribution < -0.4 is 0 Å². The molecule has 0 bridgehead atoms. The molecule has 0 aromatic heterocycles. The van der Waals surface area contributed by atoms with Gasteiger partial charge in [0.1, 0.15) is 0 Å². The number of halogens is 3. The Morgan fingerprint density at radius 2 is 1.78 bits per heavy atom. The Balaban J connectivity index is 5.60. The first-order valence-corrected chi connectivity index (χ1v) is 6.85. The van der Waals surface area contributed by atoms with Gasteiger partial charge >= 0.3 is 12.1 Å². The predicted molar refractivity (Wildman–Crippen MR) is 80.5 cm³/mol. The van der Waals surface area contributed by atoms with E-state index in [1.165, 1.54) is 0 Å². The van der Waals surface area contributed by atoms with Gasteiger partial charge in [-0.15, -0.1) is 6.58 Å². The second-order valence-corrected chi connectivity index (χ2v) is 6.08. The minimum Gasteiger partial charge on any atom is -0.467 e. The molecule has 0 radical (unpaired) electrons. The molecule has 0 fully saturated rings. The number of Topliss-reactive ketones (excluding diaryl/α,β-unsaturated/α-hetero) is 1. The lowest BCUT2D eigenvalue weighted by molar-refractivity contribution is -0.234. The van der Waals surface area contributed by atoms with Gasteiger partial charge in [-0.25, -0.2) is 4.79 Å². The third kappa shape index (κ3) is 4.83. The monoisotopic (exact) mass is 333 g/mol. The van der Waals surface area contributed by atoms with Gasteiger partial charge in [0.05, 0.1) is 13.7 Å². The Labute approximate surface area is 134 Å². The number of carbonyl (C=O) groups is 2. The fourth-order valence-corrected chi connectivity index (χ4v) is 1.78. The fraction of sp³-hybridized carbons (Fsp3) is 0.625. The standard InChI is InChI=1S/C16H22F3NO3/c1-7-10-15(13(22)23-6,16(17,18)19)20(5)11-8-9-12(21)14(2,3)4/h7H,1,10-11H2,2-6H3. The molecule has 0 aromatic rings. The number of nitrogens with zero attached hydrogens (tertiary/aromatic N) is 1. The molecule has 0 spiro atoms. The smallest absolute Gasteiger partial charge is 0.417 e. The first kappa shape index (κ1) is 21.2. The zero-order valence-electron chi connectivity index (χ0n) is 14.0. The van der Waals surface area contributed by atoms with E-state index in [-0.39, 0.29) is 0 Å². The van der Waals surface area contributed by atoms with Crippen LogP contribution in [0.1, 0.15) is 27.2 Å². The average molecular weight is 333 g/mol. The molecule has 0 heterocycles. The summed E-state index contributed by atoms with van der Waals surface area (Å²) in [6, 6.07) is 0. The summed E-state index contributed by atoms with van der Waals surface area (Å²) in [7, 11) is 1.98. The number of ether oxygens (including phenoxy) is 1. The van der Waals surface area contributed by atoms with Crippen molar-refractivity contribution in [2.24, 2.45) is 5.41 Å². The second kappa shape index (κ2) is 7.64. The van der Waals surface area contributed by atoms with Crippen LogP contribution in [0.3, 0.4) is 0 Å². The Morgan fingerprint density at radius 1 is 1.26 bits per heavy atom. The van der Waals surface area contributed by atoms with Gasteiger partial charge in [0.15, 0.2) is 0 Å². The molecule has 23 heavy (non-hydrogen) atoms. The van der Waals surface area contributed by atoms with Gasteiger partial charge in [-0.1, -0.05) is 32.8 Å². The molecule has 0 rings (SSSR count). The molecule has 7 heteroatoms. The molecular weight excluding hydrogens is 311 g/mol. The first-order chi connectivity index (χ1) is 10.3. The number of carbonyl (C=O) groups excluding carboxylic acids is 2. The maximum absolute atomic E-state index is 13.5. The largest absolute Gasteiger partial charge is 0.467 e. The Bertz CT molecular complexity index is 523. The van der Waals surface area contributed by atoms with Crippen LogP contribution in [0.4, 0.5) is 13.2 Å². The van der Waals surface area contributed by atoms with Gasteiger partial charge in [0, 0.05) is 11.8 Å². The van der Waals surface area contributed by atoms with Gasteiger partial charge in [0.2, 0.25) is 11.3 Å². The van der Waals surface area contributed by atoms with Crippen LogP contribution in [-0.2, 0) is 14.3 Å². The zero-order valence-corrected chi connectivity index (χ0v) is 14.0. The highest BCUT2D eigenvalue weighted by atomic mass is 19.4. The van der Waals surface area contributed by atoms with E-state index in [1.54, 1.807) is 20.8 Å². The third-order valence-corrected chi connectivity index (χ3v) is 3.28. The summed E-state index contributed by atoms with van der Waals surface area (Å²) in [5.41, 5.74) is -3.60. The highest BCUT2D eigenvalue weighted by Crippen LogP contribution is 2.39. The highest BCUT2D eigenvalue weighted by molar-refractivity contribution is 5.99. The predicted octanol–water partition coefficient (Wildman–Crippen LogP) is 2.59. The lowest BCUT2D eigenvalue weighted by atomic mass is 9.91. The maximum Gasteiger partial charge on any atom is 0.417 e. The number of hydrogen-bond donors (Lipinski definition) is 0. The zero-order chi connectivity index (χ0) is 18.5. The van der Waals surface area contributed by atoms with Gasteiger partial charge in [-0.05, 0) is 13.0 Å². The number of hydrogen-bond acceptors (Lipinski definition) is 4. The molecular formula is C16H22F3NO3. The molecule has 0 aliphatic carbocycles. The normalized spacial score (nSPS) is 14.5. The van der Waals surface area contributed by atoms with Gasteiger partial charge < -0.3 is 4.74 Å². The van der Waals surface area contributed by atoms with E-state index in [4.69, 9.17) is 0 Å². The van der Waals surface area contributed by atoms with Crippen LogP contribution in [0.25, 0.3) is 0 Å². The fourth-order valence-electron chi connectivity index (χ4n) is 1.78. The minimum absolute atomic E-state index is 0.398. The molecule has 130 valence electrons. The van der Waals surface area contributed by atoms with Crippen molar-refractivity contribution in [2.45, 2.75) is 38.9 Å². The van der Waals surface area contributed by atoms with E-state index in [2.05, 4.69) is 23.2 Å². The Hall–Kier alpha value is -1.81. The van der Waals surface area contributed by atoms with E-state index >= 15 is 0 Å². The number of ketones is 1. The molecule has 0 saturated heterocycles. The Morgan fingerprint density at radius 3 is 2.13 bits per heavy atom. The minimum atomic E-state index is -4.89. The molecule has 0 aliphatic heterocycles.